The SMILES string of the molecule is CC1(C)OCC(CNc2ncns2)O1. The van der Waals surface area contributed by atoms with E-state index in [0.29, 0.717) is 13.2 Å². The number of anilines is 1. The highest BCUT2D eigenvalue weighted by Crippen LogP contribution is 2.22. The van der Waals surface area contributed by atoms with E-state index in [1.54, 1.807) is 0 Å². The van der Waals surface area contributed by atoms with E-state index in [2.05, 4.69) is 14.7 Å². The first-order valence-corrected chi connectivity index (χ1v) is 5.25. The number of rotatable bonds is 3. The molecular weight excluding hydrogens is 202 g/mol. The predicted octanol–water partition coefficient (Wildman–Crippen LogP) is 1.10. The van der Waals surface area contributed by atoms with Gasteiger partial charge in [0, 0.05) is 18.1 Å². The first-order valence-electron chi connectivity index (χ1n) is 4.48. The van der Waals surface area contributed by atoms with E-state index in [0.717, 1.165) is 5.13 Å². The van der Waals surface area contributed by atoms with Gasteiger partial charge in [-0.3, -0.25) is 0 Å². The molecule has 0 spiro atoms. The minimum absolute atomic E-state index is 0.0916. The molecule has 0 aliphatic carbocycles. The van der Waals surface area contributed by atoms with Gasteiger partial charge in [0.1, 0.15) is 12.4 Å². The van der Waals surface area contributed by atoms with Crippen LogP contribution in [0.3, 0.4) is 0 Å². The first-order chi connectivity index (χ1) is 6.66. The molecule has 1 saturated heterocycles. The Bertz CT molecular complexity index is 289. The molecule has 1 aromatic rings. The van der Waals surface area contributed by atoms with Gasteiger partial charge in [0.25, 0.3) is 0 Å². The number of aromatic nitrogens is 2. The van der Waals surface area contributed by atoms with Gasteiger partial charge >= 0.3 is 0 Å². The quantitative estimate of drug-likeness (QED) is 0.818. The van der Waals surface area contributed by atoms with E-state index in [9.17, 15) is 0 Å². The topological polar surface area (TPSA) is 56.3 Å². The van der Waals surface area contributed by atoms with Gasteiger partial charge in [0.2, 0.25) is 5.13 Å². The smallest absolute Gasteiger partial charge is 0.202 e. The molecule has 14 heavy (non-hydrogen) atoms. The Balaban J connectivity index is 1.78. The molecule has 0 amide bonds. The van der Waals surface area contributed by atoms with Crippen LogP contribution in [0, 0.1) is 0 Å². The van der Waals surface area contributed by atoms with Crippen LogP contribution in [0.4, 0.5) is 5.13 Å². The number of ether oxygens (including phenoxy) is 2. The Labute approximate surface area is 86.6 Å². The fourth-order valence-corrected chi connectivity index (χ4v) is 1.75. The summed E-state index contributed by atoms with van der Waals surface area (Å²) in [6.07, 6.45) is 1.62. The number of hydrogen-bond acceptors (Lipinski definition) is 6. The van der Waals surface area contributed by atoms with E-state index in [1.165, 1.54) is 17.9 Å². The average molecular weight is 215 g/mol. The minimum atomic E-state index is -0.451. The zero-order valence-electron chi connectivity index (χ0n) is 8.19. The molecule has 0 bridgehead atoms. The van der Waals surface area contributed by atoms with Crippen molar-refractivity contribution >= 4 is 16.7 Å². The second kappa shape index (κ2) is 3.80. The van der Waals surface area contributed by atoms with Crippen LogP contribution < -0.4 is 5.32 Å². The van der Waals surface area contributed by atoms with Crippen molar-refractivity contribution in [2.45, 2.75) is 25.7 Å². The van der Waals surface area contributed by atoms with Gasteiger partial charge in [-0.2, -0.15) is 4.37 Å². The summed E-state index contributed by atoms with van der Waals surface area (Å²) in [4.78, 5) is 4.01. The van der Waals surface area contributed by atoms with Gasteiger partial charge in [0.05, 0.1) is 6.61 Å². The summed E-state index contributed by atoms with van der Waals surface area (Å²) in [6, 6.07) is 0. The molecule has 1 unspecified atom stereocenters. The van der Waals surface area contributed by atoms with Crippen molar-refractivity contribution in [2.75, 3.05) is 18.5 Å². The Kier molecular flexibility index (Phi) is 2.66. The van der Waals surface area contributed by atoms with Crippen LogP contribution in [-0.4, -0.2) is 34.4 Å². The van der Waals surface area contributed by atoms with Crippen molar-refractivity contribution in [3.63, 3.8) is 0 Å². The van der Waals surface area contributed by atoms with E-state index >= 15 is 0 Å². The van der Waals surface area contributed by atoms with Gasteiger partial charge < -0.3 is 14.8 Å². The van der Waals surface area contributed by atoms with Crippen LogP contribution in [0.1, 0.15) is 13.8 Å². The van der Waals surface area contributed by atoms with Crippen molar-refractivity contribution in [1.29, 1.82) is 0 Å². The third-order valence-corrected chi connectivity index (χ3v) is 2.53. The van der Waals surface area contributed by atoms with E-state index < -0.39 is 5.79 Å². The standard InChI is InChI=1S/C8H13N3O2S/c1-8(2)12-4-6(13-8)3-9-7-10-5-11-14-7/h5-6H,3-4H2,1-2H3,(H,9,10,11). The van der Waals surface area contributed by atoms with Crippen molar-refractivity contribution in [2.24, 2.45) is 0 Å². The molecule has 2 heterocycles. The first kappa shape index (κ1) is 9.82. The maximum absolute atomic E-state index is 5.62. The fourth-order valence-electron chi connectivity index (χ4n) is 1.32. The molecule has 78 valence electrons. The molecule has 6 heteroatoms. The fraction of sp³-hybridized carbons (Fsp3) is 0.750. The minimum Gasteiger partial charge on any atom is -0.358 e. The summed E-state index contributed by atoms with van der Waals surface area (Å²) in [5, 5.41) is 3.96. The average Bonchev–Trinajstić information content (AvgIpc) is 2.70. The van der Waals surface area contributed by atoms with E-state index in [-0.39, 0.29) is 6.10 Å². The van der Waals surface area contributed by atoms with Crippen LogP contribution in [0.15, 0.2) is 6.33 Å². The van der Waals surface area contributed by atoms with Crippen LogP contribution in [0.2, 0.25) is 0 Å². The van der Waals surface area contributed by atoms with Gasteiger partial charge in [-0.05, 0) is 13.8 Å². The molecule has 2 rings (SSSR count). The van der Waals surface area contributed by atoms with E-state index in [4.69, 9.17) is 9.47 Å². The largest absolute Gasteiger partial charge is 0.358 e. The summed E-state index contributed by atoms with van der Waals surface area (Å²) in [5.41, 5.74) is 0. The van der Waals surface area contributed by atoms with E-state index in [1.807, 2.05) is 13.8 Å². The number of nitrogens with one attached hydrogen (secondary N) is 1. The maximum atomic E-state index is 5.62. The lowest BCUT2D eigenvalue weighted by Crippen LogP contribution is -2.25. The number of hydrogen-bond donors (Lipinski definition) is 1. The maximum Gasteiger partial charge on any atom is 0.202 e. The highest BCUT2D eigenvalue weighted by molar-refractivity contribution is 7.09. The van der Waals surface area contributed by atoms with Gasteiger partial charge in [0.15, 0.2) is 5.79 Å². The summed E-state index contributed by atoms with van der Waals surface area (Å²) in [5.74, 6) is -0.451. The van der Waals surface area contributed by atoms with Crippen molar-refractivity contribution < 1.29 is 9.47 Å². The van der Waals surface area contributed by atoms with Crippen LogP contribution in [-0.2, 0) is 9.47 Å². The van der Waals surface area contributed by atoms with Gasteiger partial charge in [-0.1, -0.05) is 0 Å². The van der Waals surface area contributed by atoms with Gasteiger partial charge in [-0.15, -0.1) is 0 Å². The zero-order valence-corrected chi connectivity index (χ0v) is 9.00. The van der Waals surface area contributed by atoms with Gasteiger partial charge in [-0.25, -0.2) is 4.98 Å². The summed E-state index contributed by atoms with van der Waals surface area (Å²) in [7, 11) is 0. The predicted molar refractivity (Wildman–Crippen MR) is 53.3 cm³/mol. The highest BCUT2D eigenvalue weighted by atomic mass is 32.1. The van der Waals surface area contributed by atoms with Crippen molar-refractivity contribution in [1.82, 2.24) is 9.36 Å². The Morgan fingerprint density at radius 2 is 2.57 bits per heavy atom. The Morgan fingerprint density at radius 1 is 1.71 bits per heavy atom. The normalized spacial score (nSPS) is 25.1. The summed E-state index contributed by atoms with van der Waals surface area (Å²) < 4.78 is 14.9. The molecule has 1 atom stereocenters. The Hall–Kier alpha value is -0.720. The zero-order chi connectivity index (χ0) is 10.0. The van der Waals surface area contributed by atoms with Crippen molar-refractivity contribution in [3.05, 3.63) is 6.33 Å². The Morgan fingerprint density at radius 3 is 3.14 bits per heavy atom. The second-order valence-electron chi connectivity index (χ2n) is 3.58. The molecule has 1 aliphatic rings. The summed E-state index contributed by atoms with van der Waals surface area (Å²) in [6.45, 7) is 5.16. The third-order valence-electron chi connectivity index (χ3n) is 1.91. The lowest BCUT2D eigenvalue weighted by molar-refractivity contribution is -0.136. The van der Waals surface area contributed by atoms with Crippen molar-refractivity contribution in [3.8, 4) is 0 Å². The highest BCUT2D eigenvalue weighted by Gasteiger charge is 2.32. The molecular formula is C8H13N3O2S. The second-order valence-corrected chi connectivity index (χ2v) is 4.36. The lowest BCUT2D eigenvalue weighted by Gasteiger charge is -2.16. The van der Waals surface area contributed by atoms with Crippen LogP contribution >= 0.6 is 11.5 Å². The molecule has 0 saturated carbocycles. The third kappa shape index (κ3) is 2.40. The number of nitrogens with zero attached hydrogens (tertiary/aromatic N) is 2. The molecule has 0 radical (unpaired) electrons. The summed E-state index contributed by atoms with van der Waals surface area (Å²) >= 11 is 1.34. The molecule has 5 nitrogen and oxygen atoms in total. The monoisotopic (exact) mass is 215 g/mol. The molecule has 1 N–H and O–H groups in total. The van der Waals surface area contributed by atoms with Crippen LogP contribution in [0.5, 0.6) is 0 Å². The molecule has 0 aromatic carbocycles. The lowest BCUT2D eigenvalue weighted by atomic mass is 10.4. The molecule has 1 fully saturated rings. The molecule has 1 aromatic heterocycles. The molecule has 1 aliphatic heterocycles. The van der Waals surface area contributed by atoms with Crippen LogP contribution in [0.25, 0.3) is 0 Å².